The molecule has 2 amide bonds. The third-order valence-electron chi connectivity index (χ3n) is 5.35. The van der Waals surface area contributed by atoms with Crippen molar-refractivity contribution in [3.05, 3.63) is 69.2 Å². The van der Waals surface area contributed by atoms with E-state index in [-0.39, 0.29) is 30.3 Å². The standard InChI is InChI=1S/C22H23Cl2F2N3O2/c23-17-5-1-14(11-18(17)24)2-6-20(30)29-22(7-9-27-10-8-22)21(31)28-13-15-3-4-16(25)12-19(15)26/h1,3-5,11-12,27H,2,6-10,13H2,(H,28,31)(H,29,30). The number of carbonyl (C=O) groups is 2. The van der Waals surface area contributed by atoms with Gasteiger partial charge in [0.25, 0.3) is 0 Å². The molecule has 31 heavy (non-hydrogen) atoms. The van der Waals surface area contributed by atoms with Crippen molar-refractivity contribution in [2.45, 2.75) is 37.8 Å². The van der Waals surface area contributed by atoms with Crippen LogP contribution in [0.2, 0.25) is 10.0 Å². The highest BCUT2D eigenvalue weighted by molar-refractivity contribution is 6.42. The van der Waals surface area contributed by atoms with Gasteiger partial charge in [0.1, 0.15) is 17.2 Å². The maximum absolute atomic E-state index is 13.9. The summed E-state index contributed by atoms with van der Waals surface area (Å²) in [5.74, 6) is -2.07. The quantitative estimate of drug-likeness (QED) is 0.578. The van der Waals surface area contributed by atoms with Gasteiger partial charge in [0.05, 0.1) is 10.0 Å². The second-order valence-electron chi connectivity index (χ2n) is 7.55. The van der Waals surface area contributed by atoms with Crippen LogP contribution < -0.4 is 16.0 Å². The topological polar surface area (TPSA) is 70.2 Å². The summed E-state index contributed by atoms with van der Waals surface area (Å²) in [6.07, 6.45) is 1.43. The molecule has 0 aliphatic carbocycles. The lowest BCUT2D eigenvalue weighted by Gasteiger charge is -2.37. The molecule has 0 saturated carbocycles. The fourth-order valence-corrected chi connectivity index (χ4v) is 3.88. The number of aryl methyl sites for hydroxylation is 1. The monoisotopic (exact) mass is 469 g/mol. The molecule has 0 aromatic heterocycles. The number of halogens is 4. The van der Waals surface area contributed by atoms with Crippen LogP contribution in [0.25, 0.3) is 0 Å². The van der Waals surface area contributed by atoms with Crippen molar-refractivity contribution in [2.75, 3.05) is 13.1 Å². The summed E-state index contributed by atoms with van der Waals surface area (Å²) in [6.45, 7) is 1.02. The predicted molar refractivity (Wildman–Crippen MR) is 116 cm³/mol. The molecule has 1 fully saturated rings. The van der Waals surface area contributed by atoms with E-state index in [4.69, 9.17) is 23.2 Å². The SMILES string of the molecule is O=C(CCc1ccc(Cl)c(Cl)c1)NC1(C(=O)NCc2ccc(F)cc2F)CCNCC1. The van der Waals surface area contributed by atoms with Crippen molar-refractivity contribution in [1.82, 2.24) is 16.0 Å². The van der Waals surface area contributed by atoms with Crippen molar-refractivity contribution in [3.8, 4) is 0 Å². The van der Waals surface area contributed by atoms with Gasteiger partial charge in [-0.25, -0.2) is 8.78 Å². The minimum atomic E-state index is -1.09. The van der Waals surface area contributed by atoms with Gasteiger partial charge in [0.2, 0.25) is 11.8 Å². The smallest absolute Gasteiger partial charge is 0.246 e. The van der Waals surface area contributed by atoms with Crippen LogP contribution in [-0.2, 0) is 22.6 Å². The van der Waals surface area contributed by atoms with E-state index in [1.165, 1.54) is 6.07 Å². The molecule has 0 unspecified atom stereocenters. The van der Waals surface area contributed by atoms with Crippen molar-refractivity contribution < 1.29 is 18.4 Å². The zero-order chi connectivity index (χ0) is 22.4. The van der Waals surface area contributed by atoms with Crippen LogP contribution in [0.5, 0.6) is 0 Å². The third kappa shape index (κ3) is 6.15. The van der Waals surface area contributed by atoms with Crippen molar-refractivity contribution in [1.29, 1.82) is 0 Å². The Morgan fingerprint density at radius 3 is 2.45 bits per heavy atom. The Balaban J connectivity index is 1.62. The molecule has 1 heterocycles. The first kappa shape index (κ1) is 23.4. The highest BCUT2D eigenvalue weighted by Crippen LogP contribution is 2.24. The number of nitrogens with one attached hydrogen (secondary N) is 3. The van der Waals surface area contributed by atoms with E-state index in [1.807, 2.05) is 0 Å². The summed E-state index contributed by atoms with van der Waals surface area (Å²) >= 11 is 11.9. The predicted octanol–water partition coefficient (Wildman–Crippen LogP) is 3.76. The lowest BCUT2D eigenvalue weighted by Crippen LogP contribution is -2.62. The Hall–Kier alpha value is -2.22. The van der Waals surface area contributed by atoms with Crippen LogP contribution in [0.1, 0.15) is 30.4 Å². The first-order valence-electron chi connectivity index (χ1n) is 9.97. The Morgan fingerprint density at radius 1 is 1.03 bits per heavy atom. The average molecular weight is 470 g/mol. The third-order valence-corrected chi connectivity index (χ3v) is 6.09. The van der Waals surface area contributed by atoms with Gasteiger partial charge >= 0.3 is 0 Å². The van der Waals surface area contributed by atoms with Crippen LogP contribution in [0.15, 0.2) is 36.4 Å². The van der Waals surface area contributed by atoms with Gasteiger partial charge in [0.15, 0.2) is 0 Å². The number of amides is 2. The molecule has 5 nitrogen and oxygen atoms in total. The number of rotatable bonds is 7. The molecule has 3 N–H and O–H groups in total. The summed E-state index contributed by atoms with van der Waals surface area (Å²) in [5, 5.41) is 9.60. The Kier molecular flexibility index (Phi) is 7.86. The highest BCUT2D eigenvalue weighted by Gasteiger charge is 2.40. The van der Waals surface area contributed by atoms with Gasteiger partial charge < -0.3 is 16.0 Å². The molecule has 2 aromatic carbocycles. The first-order valence-corrected chi connectivity index (χ1v) is 10.7. The van der Waals surface area contributed by atoms with E-state index in [0.29, 0.717) is 42.4 Å². The number of hydrogen-bond donors (Lipinski definition) is 3. The van der Waals surface area contributed by atoms with E-state index in [1.54, 1.807) is 18.2 Å². The molecule has 1 aliphatic rings. The second kappa shape index (κ2) is 10.4. The zero-order valence-corrected chi connectivity index (χ0v) is 18.3. The summed E-state index contributed by atoms with van der Waals surface area (Å²) in [5.41, 5.74) is -0.0545. The Morgan fingerprint density at radius 2 is 1.77 bits per heavy atom. The lowest BCUT2D eigenvalue weighted by molar-refractivity contribution is -0.135. The second-order valence-corrected chi connectivity index (χ2v) is 8.36. The fourth-order valence-electron chi connectivity index (χ4n) is 3.55. The van der Waals surface area contributed by atoms with Crippen molar-refractivity contribution in [2.24, 2.45) is 0 Å². The number of benzene rings is 2. The van der Waals surface area contributed by atoms with E-state index < -0.39 is 17.2 Å². The summed E-state index contributed by atoms with van der Waals surface area (Å²) in [6, 6.07) is 8.37. The minimum absolute atomic E-state index is 0.0979. The van der Waals surface area contributed by atoms with Crippen molar-refractivity contribution >= 4 is 35.0 Å². The van der Waals surface area contributed by atoms with Gasteiger partial charge in [-0.15, -0.1) is 0 Å². The van der Waals surface area contributed by atoms with Crippen molar-refractivity contribution in [3.63, 3.8) is 0 Å². The van der Waals surface area contributed by atoms with Crippen LogP contribution >= 0.6 is 23.2 Å². The average Bonchev–Trinajstić information content (AvgIpc) is 2.74. The van der Waals surface area contributed by atoms with Gasteiger partial charge in [0, 0.05) is 24.6 Å². The lowest BCUT2D eigenvalue weighted by atomic mass is 9.86. The van der Waals surface area contributed by atoms with E-state index >= 15 is 0 Å². The fraction of sp³-hybridized carbons (Fsp3) is 0.364. The maximum Gasteiger partial charge on any atom is 0.246 e. The Labute approximate surface area is 189 Å². The summed E-state index contributed by atoms with van der Waals surface area (Å²) < 4.78 is 27.0. The molecule has 9 heteroatoms. The normalized spacial score (nSPS) is 15.4. The van der Waals surface area contributed by atoms with Crippen LogP contribution in [0, 0.1) is 11.6 Å². The highest BCUT2D eigenvalue weighted by atomic mass is 35.5. The van der Waals surface area contributed by atoms with E-state index in [2.05, 4.69) is 16.0 Å². The maximum atomic E-state index is 13.9. The van der Waals surface area contributed by atoms with E-state index in [9.17, 15) is 18.4 Å². The zero-order valence-electron chi connectivity index (χ0n) is 16.7. The van der Waals surface area contributed by atoms with Gasteiger partial charge in [-0.2, -0.15) is 0 Å². The molecule has 2 aromatic rings. The first-order chi connectivity index (χ1) is 14.8. The molecule has 3 rings (SSSR count). The number of hydrogen-bond acceptors (Lipinski definition) is 3. The molecular formula is C22H23Cl2F2N3O2. The summed E-state index contributed by atoms with van der Waals surface area (Å²) in [7, 11) is 0. The number of piperidine rings is 1. The number of carbonyl (C=O) groups excluding carboxylic acids is 2. The molecule has 0 spiro atoms. The molecule has 166 valence electrons. The van der Waals surface area contributed by atoms with E-state index in [0.717, 1.165) is 17.7 Å². The van der Waals surface area contributed by atoms with Gasteiger partial charge in [-0.05, 0) is 56.1 Å². The molecule has 1 saturated heterocycles. The van der Waals surface area contributed by atoms with Crippen LogP contribution in [0.3, 0.4) is 0 Å². The largest absolute Gasteiger partial charge is 0.350 e. The van der Waals surface area contributed by atoms with Gasteiger partial charge in [-0.1, -0.05) is 35.3 Å². The molecule has 1 aliphatic heterocycles. The van der Waals surface area contributed by atoms with Gasteiger partial charge in [-0.3, -0.25) is 9.59 Å². The Bertz CT molecular complexity index is 966. The molecule has 0 radical (unpaired) electrons. The molecule has 0 atom stereocenters. The van der Waals surface area contributed by atoms with Crippen LogP contribution in [-0.4, -0.2) is 30.4 Å². The van der Waals surface area contributed by atoms with Crippen LogP contribution in [0.4, 0.5) is 8.78 Å². The molecular weight excluding hydrogens is 447 g/mol. The summed E-state index contributed by atoms with van der Waals surface area (Å²) in [4.78, 5) is 25.6. The minimum Gasteiger partial charge on any atom is -0.350 e. The molecule has 0 bridgehead atoms.